The third kappa shape index (κ3) is 3.13. The van der Waals surface area contributed by atoms with Crippen LogP contribution in [0.3, 0.4) is 0 Å². The SMILES string of the molecule is CCCCNC(=O)NC1CC(=O)N(C2CNC2)C1. The lowest BCUT2D eigenvalue weighted by Crippen LogP contribution is -2.58. The molecule has 2 heterocycles. The maximum absolute atomic E-state index is 11.8. The molecule has 2 saturated heterocycles. The van der Waals surface area contributed by atoms with Crippen molar-refractivity contribution >= 4 is 11.9 Å². The molecule has 6 nitrogen and oxygen atoms in total. The van der Waals surface area contributed by atoms with E-state index in [1.165, 1.54) is 0 Å². The fraction of sp³-hybridized carbons (Fsp3) is 0.833. The summed E-state index contributed by atoms with van der Waals surface area (Å²) < 4.78 is 0. The van der Waals surface area contributed by atoms with Crippen LogP contribution in [0.15, 0.2) is 0 Å². The molecule has 102 valence electrons. The van der Waals surface area contributed by atoms with E-state index < -0.39 is 0 Å². The van der Waals surface area contributed by atoms with Gasteiger partial charge in [-0.15, -0.1) is 0 Å². The predicted molar refractivity (Wildman–Crippen MR) is 68.2 cm³/mol. The molecule has 0 bridgehead atoms. The van der Waals surface area contributed by atoms with Gasteiger partial charge in [0.15, 0.2) is 0 Å². The highest BCUT2D eigenvalue weighted by molar-refractivity contribution is 5.82. The van der Waals surface area contributed by atoms with E-state index >= 15 is 0 Å². The Morgan fingerprint density at radius 1 is 1.50 bits per heavy atom. The minimum absolute atomic E-state index is 0.0419. The van der Waals surface area contributed by atoms with Gasteiger partial charge in [0.2, 0.25) is 5.91 Å². The molecule has 6 heteroatoms. The Bertz CT molecular complexity index is 317. The van der Waals surface area contributed by atoms with Crippen molar-refractivity contribution in [1.29, 1.82) is 0 Å². The van der Waals surface area contributed by atoms with Crippen LogP contribution in [0, 0.1) is 0 Å². The number of unbranched alkanes of at least 4 members (excludes halogenated alkanes) is 1. The fourth-order valence-corrected chi connectivity index (χ4v) is 2.29. The number of carbonyl (C=O) groups is 2. The van der Waals surface area contributed by atoms with Gasteiger partial charge in [0, 0.05) is 32.6 Å². The first kappa shape index (κ1) is 13.1. The average molecular weight is 254 g/mol. The summed E-state index contributed by atoms with van der Waals surface area (Å²) in [5.74, 6) is 0.153. The number of amides is 3. The second kappa shape index (κ2) is 6.04. The topological polar surface area (TPSA) is 73.5 Å². The number of hydrogen-bond acceptors (Lipinski definition) is 3. The molecule has 0 radical (unpaired) electrons. The summed E-state index contributed by atoms with van der Waals surface area (Å²) in [7, 11) is 0. The largest absolute Gasteiger partial charge is 0.338 e. The number of hydrogen-bond donors (Lipinski definition) is 3. The minimum Gasteiger partial charge on any atom is -0.338 e. The number of likely N-dealkylation sites (tertiary alicyclic amines) is 1. The molecular weight excluding hydrogens is 232 g/mol. The quantitative estimate of drug-likeness (QED) is 0.588. The van der Waals surface area contributed by atoms with Crippen LogP contribution < -0.4 is 16.0 Å². The van der Waals surface area contributed by atoms with Crippen molar-refractivity contribution in [3.8, 4) is 0 Å². The zero-order valence-corrected chi connectivity index (χ0v) is 10.9. The minimum atomic E-state index is -0.158. The monoisotopic (exact) mass is 254 g/mol. The summed E-state index contributed by atoms with van der Waals surface area (Å²) in [5, 5.41) is 8.83. The highest BCUT2D eigenvalue weighted by Crippen LogP contribution is 2.16. The number of nitrogens with one attached hydrogen (secondary N) is 3. The van der Waals surface area contributed by atoms with Crippen LogP contribution in [0.2, 0.25) is 0 Å². The van der Waals surface area contributed by atoms with E-state index in [-0.39, 0.29) is 18.0 Å². The molecule has 1 atom stereocenters. The molecule has 0 saturated carbocycles. The summed E-state index contributed by atoms with van der Waals surface area (Å²) in [6, 6.07) is 0.127. The summed E-state index contributed by atoms with van der Waals surface area (Å²) in [6.45, 7) is 5.17. The van der Waals surface area contributed by atoms with E-state index in [9.17, 15) is 9.59 Å². The highest BCUT2D eigenvalue weighted by Gasteiger charge is 2.37. The van der Waals surface area contributed by atoms with Crippen LogP contribution in [0.4, 0.5) is 4.79 Å². The van der Waals surface area contributed by atoms with Crippen LogP contribution in [-0.4, -0.2) is 55.1 Å². The van der Waals surface area contributed by atoms with Crippen LogP contribution in [0.1, 0.15) is 26.2 Å². The van der Waals surface area contributed by atoms with Crippen LogP contribution in [0.5, 0.6) is 0 Å². The van der Waals surface area contributed by atoms with Crippen molar-refractivity contribution in [2.45, 2.75) is 38.3 Å². The van der Waals surface area contributed by atoms with Crippen molar-refractivity contribution < 1.29 is 9.59 Å². The van der Waals surface area contributed by atoms with Crippen LogP contribution in [-0.2, 0) is 4.79 Å². The summed E-state index contributed by atoms with van der Waals surface area (Å²) in [4.78, 5) is 25.2. The van der Waals surface area contributed by atoms with E-state index in [1.54, 1.807) is 0 Å². The Hall–Kier alpha value is -1.30. The zero-order valence-electron chi connectivity index (χ0n) is 10.9. The van der Waals surface area contributed by atoms with E-state index in [0.29, 0.717) is 25.6 Å². The first-order chi connectivity index (χ1) is 8.70. The van der Waals surface area contributed by atoms with Gasteiger partial charge >= 0.3 is 6.03 Å². The predicted octanol–water partition coefficient (Wildman–Crippen LogP) is -0.342. The third-order valence-electron chi connectivity index (χ3n) is 3.51. The second-order valence-electron chi connectivity index (χ2n) is 5.01. The molecule has 0 aromatic carbocycles. The Morgan fingerprint density at radius 3 is 2.89 bits per heavy atom. The van der Waals surface area contributed by atoms with Gasteiger partial charge in [-0.2, -0.15) is 0 Å². The van der Waals surface area contributed by atoms with Crippen molar-refractivity contribution in [2.24, 2.45) is 0 Å². The Kier molecular flexibility index (Phi) is 4.41. The first-order valence-corrected chi connectivity index (χ1v) is 6.75. The summed E-state index contributed by atoms with van der Waals surface area (Å²) in [6.07, 6.45) is 2.47. The molecule has 2 fully saturated rings. The maximum Gasteiger partial charge on any atom is 0.315 e. The van der Waals surface area contributed by atoms with E-state index in [4.69, 9.17) is 0 Å². The molecule has 0 spiro atoms. The second-order valence-corrected chi connectivity index (χ2v) is 5.01. The Balaban J connectivity index is 1.71. The van der Waals surface area contributed by atoms with Gasteiger partial charge in [0.1, 0.15) is 0 Å². The molecule has 1 unspecified atom stereocenters. The van der Waals surface area contributed by atoms with Crippen molar-refractivity contribution in [2.75, 3.05) is 26.2 Å². The number of urea groups is 1. The Morgan fingerprint density at radius 2 is 2.28 bits per heavy atom. The fourth-order valence-electron chi connectivity index (χ4n) is 2.29. The number of carbonyl (C=O) groups excluding carboxylic acids is 2. The maximum atomic E-state index is 11.8. The van der Waals surface area contributed by atoms with E-state index in [1.807, 2.05) is 4.90 Å². The van der Waals surface area contributed by atoms with Crippen molar-refractivity contribution in [3.05, 3.63) is 0 Å². The van der Waals surface area contributed by atoms with E-state index in [2.05, 4.69) is 22.9 Å². The molecular formula is C12H22N4O2. The summed E-state index contributed by atoms with van der Waals surface area (Å²) in [5.41, 5.74) is 0. The summed E-state index contributed by atoms with van der Waals surface area (Å²) >= 11 is 0. The van der Waals surface area contributed by atoms with Crippen LogP contribution >= 0.6 is 0 Å². The molecule has 0 aromatic heterocycles. The molecule has 18 heavy (non-hydrogen) atoms. The molecule has 0 aliphatic carbocycles. The van der Waals surface area contributed by atoms with Gasteiger partial charge < -0.3 is 20.9 Å². The van der Waals surface area contributed by atoms with Gasteiger partial charge in [-0.25, -0.2) is 4.79 Å². The standard InChI is InChI=1S/C12H22N4O2/c1-2-3-4-14-12(18)15-9-5-11(17)16(8-9)10-6-13-7-10/h9-10,13H,2-8H2,1H3,(H2,14,15,18). The van der Waals surface area contributed by atoms with Crippen molar-refractivity contribution in [3.63, 3.8) is 0 Å². The lowest BCUT2D eigenvalue weighted by molar-refractivity contribution is -0.130. The van der Waals surface area contributed by atoms with E-state index in [0.717, 1.165) is 25.9 Å². The lowest BCUT2D eigenvalue weighted by Gasteiger charge is -2.35. The van der Waals surface area contributed by atoms with Gasteiger partial charge in [-0.1, -0.05) is 13.3 Å². The number of rotatable bonds is 5. The van der Waals surface area contributed by atoms with Gasteiger partial charge in [0.05, 0.1) is 12.1 Å². The molecule has 3 N–H and O–H groups in total. The highest BCUT2D eigenvalue weighted by atomic mass is 16.2. The van der Waals surface area contributed by atoms with Crippen molar-refractivity contribution in [1.82, 2.24) is 20.9 Å². The average Bonchev–Trinajstić information content (AvgIpc) is 2.57. The smallest absolute Gasteiger partial charge is 0.315 e. The van der Waals surface area contributed by atoms with Gasteiger partial charge in [-0.05, 0) is 6.42 Å². The molecule has 2 aliphatic rings. The van der Waals surface area contributed by atoms with Gasteiger partial charge in [-0.3, -0.25) is 4.79 Å². The molecule has 3 amide bonds. The molecule has 2 rings (SSSR count). The number of nitrogens with zero attached hydrogens (tertiary/aromatic N) is 1. The molecule has 2 aliphatic heterocycles. The van der Waals surface area contributed by atoms with Gasteiger partial charge in [0.25, 0.3) is 0 Å². The normalized spacial score (nSPS) is 23.9. The lowest BCUT2D eigenvalue weighted by atomic mass is 10.1. The third-order valence-corrected chi connectivity index (χ3v) is 3.51. The first-order valence-electron chi connectivity index (χ1n) is 6.75. The van der Waals surface area contributed by atoms with Crippen LogP contribution in [0.25, 0.3) is 0 Å². The zero-order chi connectivity index (χ0) is 13.0. The Labute approximate surface area is 107 Å². The molecule has 0 aromatic rings.